The maximum atomic E-state index is 12.0. The molecule has 7 heteroatoms. The zero-order chi connectivity index (χ0) is 21.5. The van der Waals surface area contributed by atoms with Crippen molar-refractivity contribution in [3.8, 4) is 11.1 Å². The van der Waals surface area contributed by atoms with Crippen LogP contribution in [0.5, 0.6) is 0 Å². The van der Waals surface area contributed by atoms with Crippen LogP contribution in [-0.2, 0) is 11.3 Å². The fourth-order valence-electron chi connectivity index (χ4n) is 3.68. The molecule has 2 aromatic rings. The van der Waals surface area contributed by atoms with E-state index in [-0.39, 0.29) is 12.5 Å². The molecule has 0 atom stereocenters. The van der Waals surface area contributed by atoms with Gasteiger partial charge >= 0.3 is 6.09 Å². The van der Waals surface area contributed by atoms with E-state index in [1.165, 1.54) is 10.6 Å². The minimum Gasteiger partial charge on any atom is -0.465 e. The molecule has 0 aromatic heterocycles. The minimum absolute atomic E-state index is 0.223. The smallest absolute Gasteiger partial charge is 0.405 e. The molecule has 1 aliphatic heterocycles. The maximum Gasteiger partial charge on any atom is 0.405 e. The molecular weight excluding hydrogens is 380 g/mol. The molecule has 1 heterocycles. The zero-order valence-electron chi connectivity index (χ0n) is 17.7. The van der Waals surface area contributed by atoms with Crippen LogP contribution < -0.4 is 10.2 Å². The van der Waals surface area contributed by atoms with E-state index in [0.29, 0.717) is 6.54 Å². The van der Waals surface area contributed by atoms with Crippen LogP contribution in [0.4, 0.5) is 10.5 Å². The number of piperazine rings is 1. The third-order valence-corrected chi connectivity index (χ3v) is 5.55. The van der Waals surface area contributed by atoms with Crippen molar-refractivity contribution < 1.29 is 14.7 Å². The van der Waals surface area contributed by atoms with E-state index in [1.807, 2.05) is 12.1 Å². The van der Waals surface area contributed by atoms with Gasteiger partial charge in [-0.3, -0.25) is 4.79 Å². The number of hydrogen-bond acceptors (Lipinski definition) is 4. The standard InChI is InChI=1S/C23H30N4O3/c1-3-26-11-13-27(14-12-26)21-9-7-19(8-10-21)20-6-4-5-18(15-20)17-25(2)22(28)16-24-23(29)30/h4-10,15,24H,3,11-14,16-17H2,1-2H3,(H,29,30). The number of hydrogen-bond donors (Lipinski definition) is 2. The summed E-state index contributed by atoms with van der Waals surface area (Å²) in [6, 6.07) is 16.7. The molecule has 2 amide bonds. The number of carbonyl (C=O) groups is 2. The Balaban J connectivity index is 1.63. The third kappa shape index (κ3) is 5.73. The molecule has 1 saturated heterocycles. The predicted octanol–water partition coefficient (Wildman–Crippen LogP) is 2.72. The van der Waals surface area contributed by atoms with Crippen molar-refractivity contribution in [1.29, 1.82) is 0 Å². The monoisotopic (exact) mass is 410 g/mol. The third-order valence-electron chi connectivity index (χ3n) is 5.55. The fraction of sp³-hybridized carbons (Fsp3) is 0.391. The molecule has 0 bridgehead atoms. The van der Waals surface area contributed by atoms with Crippen LogP contribution in [0.25, 0.3) is 11.1 Å². The number of amides is 2. The summed E-state index contributed by atoms with van der Waals surface area (Å²) in [5.41, 5.74) is 4.48. The van der Waals surface area contributed by atoms with Crippen LogP contribution in [0.3, 0.4) is 0 Å². The van der Waals surface area contributed by atoms with Crippen molar-refractivity contribution in [2.75, 3.05) is 51.2 Å². The van der Waals surface area contributed by atoms with Gasteiger partial charge < -0.3 is 25.1 Å². The Labute approximate surface area is 177 Å². The number of nitrogens with zero attached hydrogens (tertiary/aromatic N) is 3. The van der Waals surface area contributed by atoms with Crippen molar-refractivity contribution in [2.24, 2.45) is 0 Å². The average Bonchev–Trinajstić information content (AvgIpc) is 2.77. The van der Waals surface area contributed by atoms with Crippen LogP contribution in [-0.4, -0.2) is 73.2 Å². The van der Waals surface area contributed by atoms with Crippen LogP contribution in [0.1, 0.15) is 12.5 Å². The lowest BCUT2D eigenvalue weighted by atomic mass is 10.0. The first-order chi connectivity index (χ1) is 14.5. The van der Waals surface area contributed by atoms with Gasteiger partial charge in [-0.1, -0.05) is 37.3 Å². The number of carboxylic acid groups (broad SMARTS) is 1. The number of carbonyl (C=O) groups excluding carboxylic acids is 1. The molecule has 0 saturated carbocycles. The molecule has 1 fully saturated rings. The summed E-state index contributed by atoms with van der Waals surface area (Å²) in [7, 11) is 1.67. The summed E-state index contributed by atoms with van der Waals surface area (Å²) in [5.74, 6) is -0.268. The van der Waals surface area contributed by atoms with E-state index < -0.39 is 6.09 Å². The van der Waals surface area contributed by atoms with Crippen molar-refractivity contribution in [2.45, 2.75) is 13.5 Å². The molecule has 0 unspecified atom stereocenters. The Morgan fingerprint density at radius 3 is 2.37 bits per heavy atom. The summed E-state index contributed by atoms with van der Waals surface area (Å²) >= 11 is 0. The average molecular weight is 411 g/mol. The van der Waals surface area contributed by atoms with Gasteiger partial charge in [-0.2, -0.15) is 0 Å². The molecule has 0 radical (unpaired) electrons. The summed E-state index contributed by atoms with van der Waals surface area (Å²) < 4.78 is 0. The van der Waals surface area contributed by atoms with Gasteiger partial charge in [0.25, 0.3) is 0 Å². The first kappa shape index (κ1) is 21.6. The Morgan fingerprint density at radius 2 is 1.73 bits per heavy atom. The molecule has 2 N–H and O–H groups in total. The Morgan fingerprint density at radius 1 is 1.03 bits per heavy atom. The van der Waals surface area contributed by atoms with Gasteiger partial charge in [0.2, 0.25) is 5.91 Å². The van der Waals surface area contributed by atoms with Gasteiger partial charge in [-0.25, -0.2) is 4.79 Å². The predicted molar refractivity (Wildman–Crippen MR) is 119 cm³/mol. The molecule has 1 aliphatic rings. The Bertz CT molecular complexity index is 861. The van der Waals surface area contributed by atoms with E-state index in [0.717, 1.165) is 49.4 Å². The highest BCUT2D eigenvalue weighted by molar-refractivity contribution is 5.81. The van der Waals surface area contributed by atoms with E-state index in [9.17, 15) is 9.59 Å². The first-order valence-electron chi connectivity index (χ1n) is 10.3. The second-order valence-corrected chi connectivity index (χ2v) is 7.58. The summed E-state index contributed by atoms with van der Waals surface area (Å²) in [6.45, 7) is 7.84. The number of benzene rings is 2. The quantitative estimate of drug-likeness (QED) is 0.734. The largest absolute Gasteiger partial charge is 0.465 e. The molecule has 0 spiro atoms. The van der Waals surface area contributed by atoms with Crippen molar-refractivity contribution in [3.63, 3.8) is 0 Å². The van der Waals surface area contributed by atoms with Crippen molar-refractivity contribution in [1.82, 2.24) is 15.1 Å². The lowest BCUT2D eigenvalue weighted by Gasteiger charge is -2.35. The minimum atomic E-state index is -1.20. The van der Waals surface area contributed by atoms with Crippen LogP contribution in [0.15, 0.2) is 48.5 Å². The van der Waals surface area contributed by atoms with Crippen LogP contribution in [0.2, 0.25) is 0 Å². The fourth-order valence-corrected chi connectivity index (χ4v) is 3.68. The number of rotatable bonds is 7. The summed E-state index contributed by atoms with van der Waals surface area (Å²) in [4.78, 5) is 29.0. The Kier molecular flexibility index (Phi) is 7.30. The lowest BCUT2D eigenvalue weighted by Crippen LogP contribution is -2.46. The van der Waals surface area contributed by atoms with E-state index in [2.05, 4.69) is 58.4 Å². The van der Waals surface area contributed by atoms with Gasteiger partial charge in [0.1, 0.15) is 6.54 Å². The SMILES string of the molecule is CCN1CCN(c2ccc(-c3cccc(CN(C)C(=O)CNC(=O)O)c3)cc2)CC1. The van der Waals surface area contributed by atoms with E-state index in [1.54, 1.807) is 7.05 Å². The summed E-state index contributed by atoms with van der Waals surface area (Å²) in [6.07, 6.45) is -1.20. The topological polar surface area (TPSA) is 76.1 Å². The summed E-state index contributed by atoms with van der Waals surface area (Å²) in [5, 5.41) is 10.7. The number of anilines is 1. The molecule has 7 nitrogen and oxygen atoms in total. The van der Waals surface area contributed by atoms with Crippen molar-refractivity contribution in [3.05, 3.63) is 54.1 Å². The maximum absolute atomic E-state index is 12.0. The van der Waals surface area contributed by atoms with Gasteiger partial charge in [0.05, 0.1) is 0 Å². The van der Waals surface area contributed by atoms with Gasteiger partial charge in [-0.15, -0.1) is 0 Å². The molecular formula is C23H30N4O3. The normalized spacial score (nSPS) is 14.4. The van der Waals surface area contributed by atoms with Crippen molar-refractivity contribution >= 4 is 17.7 Å². The highest BCUT2D eigenvalue weighted by Crippen LogP contribution is 2.25. The van der Waals surface area contributed by atoms with Gasteiger partial charge in [-0.05, 0) is 41.4 Å². The van der Waals surface area contributed by atoms with E-state index in [4.69, 9.17) is 5.11 Å². The molecule has 0 aliphatic carbocycles. The van der Waals surface area contributed by atoms with Gasteiger partial charge in [0, 0.05) is 45.5 Å². The van der Waals surface area contributed by atoms with E-state index >= 15 is 0 Å². The number of likely N-dealkylation sites (N-methyl/N-ethyl adjacent to an activating group) is 2. The number of nitrogens with one attached hydrogen (secondary N) is 1. The molecule has 2 aromatic carbocycles. The van der Waals surface area contributed by atoms with Gasteiger partial charge in [0.15, 0.2) is 0 Å². The zero-order valence-corrected chi connectivity index (χ0v) is 17.7. The second-order valence-electron chi connectivity index (χ2n) is 7.58. The lowest BCUT2D eigenvalue weighted by molar-refractivity contribution is -0.129. The highest BCUT2D eigenvalue weighted by atomic mass is 16.4. The Hall–Kier alpha value is -3.06. The van der Waals surface area contributed by atoms with Crippen LogP contribution in [0, 0.1) is 0 Å². The highest BCUT2D eigenvalue weighted by Gasteiger charge is 2.16. The first-order valence-corrected chi connectivity index (χ1v) is 10.3. The molecule has 30 heavy (non-hydrogen) atoms. The van der Waals surface area contributed by atoms with Crippen LogP contribution >= 0.6 is 0 Å². The molecule has 3 rings (SSSR count). The molecule has 160 valence electrons. The second kappa shape index (κ2) is 10.1.